The van der Waals surface area contributed by atoms with Crippen LogP contribution in [-0.2, 0) is 4.79 Å². The summed E-state index contributed by atoms with van der Waals surface area (Å²) >= 11 is 0. The lowest BCUT2D eigenvalue weighted by molar-refractivity contribution is -0.140. The van der Waals surface area contributed by atoms with E-state index in [1.54, 1.807) is 0 Å². The molecule has 0 fully saturated rings. The van der Waals surface area contributed by atoms with Crippen LogP contribution in [0.4, 0.5) is 0 Å². The Bertz CT molecular complexity index is 220. The van der Waals surface area contributed by atoms with Crippen molar-refractivity contribution in [1.82, 2.24) is 15.1 Å². The van der Waals surface area contributed by atoms with Crippen molar-refractivity contribution in [2.75, 3.05) is 40.8 Å². The molecule has 1 atom stereocenters. The Balaban J connectivity index is 3.95. The third-order valence-electron chi connectivity index (χ3n) is 2.47. The summed E-state index contributed by atoms with van der Waals surface area (Å²) in [4.78, 5) is 15.3. The molecular weight excluding hydrogens is 218 g/mol. The Morgan fingerprint density at radius 1 is 1.24 bits per heavy atom. The highest BCUT2D eigenvalue weighted by Gasteiger charge is 2.19. The Labute approximate surface area is 105 Å². The standard InChI is InChI=1S/C12H27N3O2/c1-10(2)13-11(12(16)17)9-15(5)8-6-7-14(3)4/h10-11,13H,6-9H2,1-5H3,(H,16,17). The van der Waals surface area contributed by atoms with Gasteiger partial charge in [-0.25, -0.2) is 0 Å². The van der Waals surface area contributed by atoms with E-state index in [1.807, 2.05) is 35.0 Å². The van der Waals surface area contributed by atoms with E-state index >= 15 is 0 Å². The smallest absolute Gasteiger partial charge is 0.322 e. The van der Waals surface area contributed by atoms with Gasteiger partial charge in [0.1, 0.15) is 6.04 Å². The van der Waals surface area contributed by atoms with Crippen molar-refractivity contribution in [3.05, 3.63) is 0 Å². The lowest BCUT2D eigenvalue weighted by Gasteiger charge is -2.24. The van der Waals surface area contributed by atoms with E-state index in [4.69, 9.17) is 5.11 Å². The monoisotopic (exact) mass is 245 g/mol. The van der Waals surface area contributed by atoms with Gasteiger partial charge in [0.2, 0.25) is 0 Å². The normalized spacial score (nSPS) is 13.6. The van der Waals surface area contributed by atoms with Crippen molar-refractivity contribution >= 4 is 5.97 Å². The second-order valence-electron chi connectivity index (χ2n) is 5.13. The van der Waals surface area contributed by atoms with Crippen molar-refractivity contribution in [3.8, 4) is 0 Å². The summed E-state index contributed by atoms with van der Waals surface area (Å²) in [6.07, 6.45) is 1.05. The van der Waals surface area contributed by atoms with Crippen molar-refractivity contribution in [2.24, 2.45) is 0 Å². The summed E-state index contributed by atoms with van der Waals surface area (Å²) in [5.74, 6) is -0.779. The first kappa shape index (κ1) is 16.4. The van der Waals surface area contributed by atoms with Crippen molar-refractivity contribution in [1.29, 1.82) is 0 Å². The van der Waals surface area contributed by atoms with Gasteiger partial charge in [-0.05, 0) is 40.7 Å². The first-order valence-electron chi connectivity index (χ1n) is 6.15. The van der Waals surface area contributed by atoms with Gasteiger partial charge in [0.25, 0.3) is 0 Å². The highest BCUT2D eigenvalue weighted by molar-refractivity contribution is 5.73. The summed E-state index contributed by atoms with van der Waals surface area (Å²) < 4.78 is 0. The van der Waals surface area contributed by atoms with E-state index in [1.165, 1.54) is 0 Å². The Morgan fingerprint density at radius 3 is 2.24 bits per heavy atom. The van der Waals surface area contributed by atoms with E-state index in [0.29, 0.717) is 6.54 Å². The molecule has 0 aliphatic heterocycles. The van der Waals surface area contributed by atoms with Crippen LogP contribution < -0.4 is 5.32 Å². The molecule has 0 spiro atoms. The molecule has 1 unspecified atom stereocenters. The zero-order chi connectivity index (χ0) is 13.4. The molecular formula is C12H27N3O2. The lowest BCUT2D eigenvalue weighted by atomic mass is 10.2. The van der Waals surface area contributed by atoms with E-state index in [9.17, 15) is 4.79 Å². The molecule has 0 radical (unpaired) electrons. The topological polar surface area (TPSA) is 55.8 Å². The first-order chi connectivity index (χ1) is 7.82. The number of nitrogens with zero attached hydrogens (tertiary/aromatic N) is 2. The molecule has 0 bridgehead atoms. The maximum Gasteiger partial charge on any atom is 0.322 e. The fourth-order valence-corrected chi connectivity index (χ4v) is 1.66. The predicted molar refractivity (Wildman–Crippen MR) is 70.4 cm³/mol. The van der Waals surface area contributed by atoms with Crippen LogP contribution in [0, 0.1) is 0 Å². The summed E-state index contributed by atoms with van der Waals surface area (Å²) in [5.41, 5.74) is 0. The molecule has 0 aliphatic rings. The van der Waals surface area contributed by atoms with Gasteiger partial charge >= 0.3 is 5.97 Å². The molecule has 5 nitrogen and oxygen atoms in total. The third-order valence-corrected chi connectivity index (χ3v) is 2.47. The maximum atomic E-state index is 11.1. The fourth-order valence-electron chi connectivity index (χ4n) is 1.66. The summed E-state index contributed by atoms with van der Waals surface area (Å²) in [7, 11) is 6.05. The van der Waals surface area contributed by atoms with Gasteiger partial charge in [-0.1, -0.05) is 13.8 Å². The number of carboxylic acid groups (broad SMARTS) is 1. The van der Waals surface area contributed by atoms with E-state index in [-0.39, 0.29) is 6.04 Å². The molecule has 0 aromatic rings. The quantitative estimate of drug-likeness (QED) is 0.613. The predicted octanol–water partition coefficient (Wildman–Crippen LogP) is 0.321. The number of nitrogens with one attached hydrogen (secondary N) is 1. The molecule has 5 heteroatoms. The Hall–Kier alpha value is -0.650. The van der Waals surface area contributed by atoms with Crippen LogP contribution in [0.25, 0.3) is 0 Å². The van der Waals surface area contributed by atoms with Crippen molar-refractivity contribution < 1.29 is 9.90 Å². The highest BCUT2D eigenvalue weighted by atomic mass is 16.4. The maximum absolute atomic E-state index is 11.1. The largest absolute Gasteiger partial charge is 0.480 e. The van der Waals surface area contributed by atoms with E-state index < -0.39 is 12.0 Å². The van der Waals surface area contributed by atoms with Crippen LogP contribution in [0.5, 0.6) is 0 Å². The molecule has 0 rings (SSSR count). The lowest BCUT2D eigenvalue weighted by Crippen LogP contribution is -2.48. The van der Waals surface area contributed by atoms with E-state index in [0.717, 1.165) is 19.5 Å². The number of carbonyl (C=O) groups is 1. The fraction of sp³-hybridized carbons (Fsp3) is 0.917. The highest BCUT2D eigenvalue weighted by Crippen LogP contribution is 1.95. The van der Waals surface area contributed by atoms with Gasteiger partial charge in [0.05, 0.1) is 0 Å². The van der Waals surface area contributed by atoms with Crippen LogP contribution in [0.2, 0.25) is 0 Å². The molecule has 0 saturated carbocycles. The van der Waals surface area contributed by atoms with Crippen LogP contribution in [0.1, 0.15) is 20.3 Å². The van der Waals surface area contributed by atoms with Crippen LogP contribution in [0.15, 0.2) is 0 Å². The minimum atomic E-state index is -0.779. The van der Waals surface area contributed by atoms with Gasteiger partial charge in [0, 0.05) is 12.6 Å². The average Bonchev–Trinajstić information content (AvgIpc) is 2.15. The van der Waals surface area contributed by atoms with Crippen molar-refractivity contribution in [2.45, 2.75) is 32.4 Å². The second-order valence-corrected chi connectivity index (χ2v) is 5.13. The molecule has 0 saturated heterocycles. The second kappa shape index (κ2) is 8.44. The molecule has 0 aliphatic carbocycles. The van der Waals surface area contributed by atoms with Crippen molar-refractivity contribution in [3.63, 3.8) is 0 Å². The van der Waals surface area contributed by atoms with Gasteiger partial charge in [-0.15, -0.1) is 0 Å². The third kappa shape index (κ3) is 9.09. The number of hydrogen-bond donors (Lipinski definition) is 2. The summed E-state index contributed by atoms with van der Waals surface area (Å²) in [5, 5.41) is 12.1. The zero-order valence-electron chi connectivity index (χ0n) is 11.7. The summed E-state index contributed by atoms with van der Waals surface area (Å²) in [6.45, 7) is 6.41. The number of rotatable bonds is 9. The van der Waals surface area contributed by atoms with Gasteiger partial charge in [-0.2, -0.15) is 0 Å². The van der Waals surface area contributed by atoms with Crippen LogP contribution >= 0.6 is 0 Å². The molecule has 102 valence electrons. The van der Waals surface area contributed by atoms with Gasteiger partial charge in [0.15, 0.2) is 0 Å². The molecule has 0 amide bonds. The molecule has 0 heterocycles. The number of aliphatic carboxylic acids is 1. The number of hydrogen-bond acceptors (Lipinski definition) is 4. The van der Waals surface area contributed by atoms with Crippen LogP contribution in [0.3, 0.4) is 0 Å². The number of carboxylic acids is 1. The minimum Gasteiger partial charge on any atom is -0.480 e. The molecule has 0 aromatic heterocycles. The Morgan fingerprint density at radius 2 is 1.82 bits per heavy atom. The van der Waals surface area contributed by atoms with Gasteiger partial charge < -0.3 is 20.2 Å². The average molecular weight is 245 g/mol. The van der Waals surface area contributed by atoms with E-state index in [2.05, 4.69) is 15.1 Å². The number of likely N-dealkylation sites (N-methyl/N-ethyl adjacent to an activating group) is 1. The first-order valence-corrected chi connectivity index (χ1v) is 6.15. The summed E-state index contributed by atoms with van der Waals surface area (Å²) in [6, 6.07) is -0.300. The molecule has 2 N–H and O–H groups in total. The SMILES string of the molecule is CC(C)NC(CN(C)CCCN(C)C)C(=O)O. The molecule has 0 aromatic carbocycles. The Kier molecular flexibility index (Phi) is 8.12. The molecule has 17 heavy (non-hydrogen) atoms. The van der Waals surface area contributed by atoms with Gasteiger partial charge in [-0.3, -0.25) is 4.79 Å². The minimum absolute atomic E-state index is 0.186. The zero-order valence-corrected chi connectivity index (χ0v) is 11.7. The van der Waals surface area contributed by atoms with Crippen LogP contribution in [-0.4, -0.2) is 73.7 Å².